The van der Waals surface area contributed by atoms with Crippen LogP contribution in [-0.4, -0.2) is 28.5 Å². The molecule has 1 saturated carbocycles. The van der Waals surface area contributed by atoms with Crippen molar-refractivity contribution in [3.8, 4) is 0 Å². The number of anilines is 1. The van der Waals surface area contributed by atoms with Crippen molar-refractivity contribution in [1.29, 1.82) is 0 Å². The summed E-state index contributed by atoms with van der Waals surface area (Å²) in [6.07, 6.45) is 5.22. The molecule has 0 radical (unpaired) electrons. The molecule has 0 saturated heterocycles. The monoisotopic (exact) mass is 356 g/mol. The van der Waals surface area contributed by atoms with Gasteiger partial charge in [-0.25, -0.2) is 10.4 Å². The molecule has 1 aromatic heterocycles. The van der Waals surface area contributed by atoms with Crippen LogP contribution < -0.4 is 11.0 Å². The lowest BCUT2D eigenvalue weighted by molar-refractivity contribution is 0.141. The minimum Gasteiger partial charge on any atom is -0.382 e. The number of nitrogens with one attached hydrogen (secondary N) is 1. The molecule has 0 amide bonds. The van der Waals surface area contributed by atoms with Crippen molar-refractivity contribution in [2.24, 2.45) is 11.0 Å². The predicted molar refractivity (Wildman–Crippen MR) is 106 cm³/mol. The minimum atomic E-state index is -0.0354. The molecule has 1 N–H and O–H groups in total. The highest BCUT2D eigenvalue weighted by Gasteiger charge is 2.15. The van der Waals surface area contributed by atoms with Crippen LogP contribution in [0.5, 0.6) is 0 Å². The Morgan fingerprint density at radius 1 is 1.38 bits per heavy atom. The van der Waals surface area contributed by atoms with Gasteiger partial charge in [0.1, 0.15) is 0 Å². The fourth-order valence-electron chi connectivity index (χ4n) is 3.42. The zero-order valence-corrected chi connectivity index (χ0v) is 15.7. The van der Waals surface area contributed by atoms with Crippen LogP contribution in [0.1, 0.15) is 46.0 Å². The van der Waals surface area contributed by atoms with Crippen LogP contribution in [0.2, 0.25) is 0 Å². The summed E-state index contributed by atoms with van der Waals surface area (Å²) >= 11 is 0. The lowest BCUT2D eigenvalue weighted by Crippen LogP contribution is -2.25. The molecule has 1 heterocycles. The maximum atomic E-state index is 12.9. The number of rotatable bonds is 7. The van der Waals surface area contributed by atoms with Gasteiger partial charge in [0.15, 0.2) is 0 Å². The van der Waals surface area contributed by atoms with E-state index >= 15 is 0 Å². The fourth-order valence-corrected chi connectivity index (χ4v) is 3.42. The number of hydrazone groups is 1. The van der Waals surface area contributed by atoms with E-state index < -0.39 is 0 Å². The molecule has 3 rings (SSSR count). The van der Waals surface area contributed by atoms with Gasteiger partial charge in [0.25, 0.3) is 5.56 Å². The molecule has 1 aromatic carbocycles. The quantitative estimate of drug-likeness (QED) is 0.605. The molecule has 2 aromatic rings. The van der Waals surface area contributed by atoms with Gasteiger partial charge in [-0.2, -0.15) is 5.10 Å². The van der Waals surface area contributed by atoms with Gasteiger partial charge in [-0.3, -0.25) is 9.36 Å². The second-order valence-electron chi connectivity index (χ2n) is 6.95. The topological polar surface area (TPSA) is 68.5 Å². The Kier molecular flexibility index (Phi) is 6.39. The number of ether oxygens (including phenoxy) is 1. The number of nitrogens with zero attached hydrogens (tertiary/aromatic N) is 3. The number of hydrogen-bond donors (Lipinski definition) is 1. The highest BCUT2D eigenvalue weighted by Crippen LogP contribution is 2.21. The largest absolute Gasteiger partial charge is 0.382 e. The van der Waals surface area contributed by atoms with E-state index in [4.69, 9.17) is 4.74 Å². The Labute approximate surface area is 154 Å². The Hall–Kier alpha value is -2.21. The van der Waals surface area contributed by atoms with E-state index in [-0.39, 0.29) is 5.56 Å². The molecule has 1 aliphatic carbocycles. The van der Waals surface area contributed by atoms with Crippen LogP contribution in [-0.2, 0) is 11.3 Å². The second kappa shape index (κ2) is 8.94. The van der Waals surface area contributed by atoms with Gasteiger partial charge in [-0.1, -0.05) is 19.1 Å². The SMILES string of the molecule is CCOCCCn1c(N/N=C2/CCC[C@@H](C)C2)nc2ccccc2c1=O. The smallest absolute Gasteiger partial charge is 0.262 e. The third kappa shape index (κ3) is 4.49. The molecule has 0 unspecified atom stereocenters. The molecule has 6 heteroatoms. The molecular weight excluding hydrogens is 328 g/mol. The summed E-state index contributed by atoms with van der Waals surface area (Å²) in [5.74, 6) is 1.18. The van der Waals surface area contributed by atoms with Crippen LogP contribution in [0.3, 0.4) is 0 Å². The first-order valence-corrected chi connectivity index (χ1v) is 9.57. The van der Waals surface area contributed by atoms with Crippen molar-refractivity contribution in [2.75, 3.05) is 18.6 Å². The van der Waals surface area contributed by atoms with E-state index in [2.05, 4.69) is 22.4 Å². The first-order valence-electron chi connectivity index (χ1n) is 9.57. The molecule has 0 bridgehead atoms. The van der Waals surface area contributed by atoms with Crippen molar-refractivity contribution in [2.45, 2.75) is 52.5 Å². The molecule has 6 nitrogen and oxygen atoms in total. The molecular formula is C20H28N4O2. The highest BCUT2D eigenvalue weighted by atomic mass is 16.5. The van der Waals surface area contributed by atoms with Crippen LogP contribution >= 0.6 is 0 Å². The first-order chi connectivity index (χ1) is 12.7. The van der Waals surface area contributed by atoms with Gasteiger partial charge >= 0.3 is 0 Å². The summed E-state index contributed by atoms with van der Waals surface area (Å²) in [5, 5.41) is 5.20. The summed E-state index contributed by atoms with van der Waals surface area (Å²) in [6, 6.07) is 7.45. The normalized spacial score (nSPS) is 19.2. The van der Waals surface area contributed by atoms with Crippen LogP contribution in [0.25, 0.3) is 10.9 Å². The zero-order chi connectivity index (χ0) is 18.4. The molecule has 140 valence electrons. The van der Waals surface area contributed by atoms with Crippen molar-refractivity contribution >= 4 is 22.6 Å². The van der Waals surface area contributed by atoms with Crippen molar-refractivity contribution in [1.82, 2.24) is 9.55 Å². The summed E-state index contributed by atoms with van der Waals surface area (Å²) in [6.45, 7) is 6.09. The standard InChI is InChI=1S/C20H28N4O2/c1-3-26-13-7-12-24-19(25)17-10-4-5-11-18(17)21-20(24)23-22-16-9-6-8-15(2)14-16/h4-5,10-11,15H,3,6-9,12-14H2,1-2H3,(H,21,23)/b22-16-/t15-/m1/s1. The van der Waals surface area contributed by atoms with E-state index in [1.807, 2.05) is 31.2 Å². The Bertz CT molecular complexity index is 828. The maximum absolute atomic E-state index is 12.9. The predicted octanol–water partition coefficient (Wildman–Crippen LogP) is 3.80. The van der Waals surface area contributed by atoms with E-state index in [1.165, 1.54) is 12.8 Å². The summed E-state index contributed by atoms with van der Waals surface area (Å²) in [4.78, 5) is 17.6. The third-order valence-corrected chi connectivity index (χ3v) is 4.80. The molecule has 1 fully saturated rings. The number of para-hydroxylation sites is 1. The minimum absolute atomic E-state index is 0.0354. The molecule has 1 atom stereocenters. The van der Waals surface area contributed by atoms with E-state index in [1.54, 1.807) is 4.57 Å². The van der Waals surface area contributed by atoms with Crippen molar-refractivity contribution in [3.05, 3.63) is 34.6 Å². The number of benzene rings is 1. The summed E-state index contributed by atoms with van der Waals surface area (Å²) < 4.78 is 7.08. The number of fused-ring (bicyclic) bond motifs is 1. The fraction of sp³-hybridized carbons (Fsp3) is 0.550. The lowest BCUT2D eigenvalue weighted by Gasteiger charge is -2.19. The van der Waals surface area contributed by atoms with E-state index in [0.717, 1.165) is 25.0 Å². The number of hydrogen-bond acceptors (Lipinski definition) is 5. The molecule has 0 aliphatic heterocycles. The summed E-state index contributed by atoms with van der Waals surface area (Å²) in [7, 11) is 0. The zero-order valence-electron chi connectivity index (χ0n) is 15.7. The average Bonchev–Trinajstić information content (AvgIpc) is 2.65. The van der Waals surface area contributed by atoms with Crippen LogP contribution in [0.15, 0.2) is 34.2 Å². The van der Waals surface area contributed by atoms with Crippen LogP contribution in [0, 0.1) is 5.92 Å². The Morgan fingerprint density at radius 2 is 2.23 bits per heavy atom. The molecule has 1 aliphatic rings. The molecule has 0 spiro atoms. The van der Waals surface area contributed by atoms with Gasteiger partial charge in [0.2, 0.25) is 5.95 Å². The van der Waals surface area contributed by atoms with Gasteiger partial charge < -0.3 is 4.74 Å². The maximum Gasteiger partial charge on any atom is 0.262 e. The first kappa shape index (κ1) is 18.6. The van der Waals surface area contributed by atoms with Gasteiger partial charge in [0.05, 0.1) is 10.9 Å². The van der Waals surface area contributed by atoms with Gasteiger partial charge in [-0.15, -0.1) is 0 Å². The summed E-state index contributed by atoms with van der Waals surface area (Å²) in [5.41, 5.74) is 4.89. The Morgan fingerprint density at radius 3 is 3.04 bits per heavy atom. The lowest BCUT2D eigenvalue weighted by atomic mass is 9.89. The number of aromatic nitrogens is 2. The van der Waals surface area contributed by atoms with Crippen molar-refractivity contribution in [3.63, 3.8) is 0 Å². The Balaban J connectivity index is 1.88. The molecule has 26 heavy (non-hydrogen) atoms. The van der Waals surface area contributed by atoms with Gasteiger partial charge in [-0.05, 0) is 57.1 Å². The average molecular weight is 356 g/mol. The van der Waals surface area contributed by atoms with Crippen LogP contribution in [0.4, 0.5) is 5.95 Å². The van der Waals surface area contributed by atoms with E-state index in [0.29, 0.717) is 42.5 Å². The third-order valence-electron chi connectivity index (χ3n) is 4.80. The van der Waals surface area contributed by atoms with Crippen molar-refractivity contribution < 1.29 is 4.74 Å². The second-order valence-corrected chi connectivity index (χ2v) is 6.95. The van der Waals surface area contributed by atoms with Gasteiger partial charge in [0, 0.05) is 25.5 Å². The highest BCUT2D eigenvalue weighted by molar-refractivity contribution is 5.86. The van der Waals surface area contributed by atoms with E-state index in [9.17, 15) is 4.79 Å².